The first kappa shape index (κ1) is 22.2. The number of rotatable bonds is 5. The Bertz CT molecular complexity index is 1390. The minimum atomic E-state index is -3.88. The Kier molecular flexibility index (Phi) is 5.80. The molecule has 0 aliphatic carbocycles. The zero-order chi connectivity index (χ0) is 23.2. The van der Waals surface area contributed by atoms with Crippen LogP contribution in [0.25, 0.3) is 22.2 Å². The van der Waals surface area contributed by atoms with E-state index >= 15 is 0 Å². The Morgan fingerprint density at radius 3 is 2.58 bits per heavy atom. The molecule has 0 amide bonds. The molecule has 0 saturated carbocycles. The summed E-state index contributed by atoms with van der Waals surface area (Å²) >= 11 is 1.88. The van der Waals surface area contributed by atoms with Gasteiger partial charge in [0.05, 0.1) is 16.7 Å². The van der Waals surface area contributed by atoms with Gasteiger partial charge in [0.1, 0.15) is 5.76 Å². The molecule has 1 aliphatic rings. The van der Waals surface area contributed by atoms with E-state index in [9.17, 15) is 13.5 Å². The maximum absolute atomic E-state index is 13.5. The van der Waals surface area contributed by atoms with Gasteiger partial charge in [0, 0.05) is 34.5 Å². The Labute approximate surface area is 196 Å². The SMILES string of the molecule is Cc1noc(C)c1-c1cnc2c(c1)c(C(O)C1CCSCC1)cn2S(=O)(=O)c1ccccc1. The lowest BCUT2D eigenvalue weighted by molar-refractivity contribution is 0.104. The molecule has 0 spiro atoms. The van der Waals surface area contributed by atoms with Crippen molar-refractivity contribution in [1.29, 1.82) is 0 Å². The Morgan fingerprint density at radius 1 is 1.18 bits per heavy atom. The maximum Gasteiger partial charge on any atom is 0.269 e. The number of benzene rings is 1. The first-order valence-electron chi connectivity index (χ1n) is 10.9. The number of nitrogens with zero attached hydrogens (tertiary/aromatic N) is 3. The Balaban J connectivity index is 1.72. The van der Waals surface area contributed by atoms with E-state index in [0.717, 1.165) is 41.2 Å². The second kappa shape index (κ2) is 8.62. The fourth-order valence-corrected chi connectivity index (χ4v) is 7.04. The molecule has 1 N–H and O–H groups in total. The maximum atomic E-state index is 13.5. The second-order valence-electron chi connectivity index (χ2n) is 8.39. The molecule has 7 nitrogen and oxygen atoms in total. The number of hydrogen-bond donors (Lipinski definition) is 1. The molecular formula is C24H25N3O4S2. The summed E-state index contributed by atoms with van der Waals surface area (Å²) in [5, 5.41) is 16.0. The van der Waals surface area contributed by atoms with Gasteiger partial charge in [-0.1, -0.05) is 23.4 Å². The Morgan fingerprint density at radius 2 is 1.91 bits per heavy atom. The summed E-state index contributed by atoms with van der Waals surface area (Å²) in [5.41, 5.74) is 3.23. The summed E-state index contributed by atoms with van der Waals surface area (Å²) in [5.74, 6) is 2.72. The molecule has 3 aromatic heterocycles. The molecule has 9 heteroatoms. The van der Waals surface area contributed by atoms with Gasteiger partial charge < -0.3 is 9.63 Å². The number of pyridine rings is 1. The van der Waals surface area contributed by atoms with Crippen molar-refractivity contribution in [3.63, 3.8) is 0 Å². The molecule has 0 bridgehead atoms. The van der Waals surface area contributed by atoms with E-state index in [-0.39, 0.29) is 10.8 Å². The minimum absolute atomic E-state index is 0.0763. The highest BCUT2D eigenvalue weighted by molar-refractivity contribution is 7.99. The van der Waals surface area contributed by atoms with Gasteiger partial charge in [-0.3, -0.25) is 0 Å². The fourth-order valence-electron chi connectivity index (χ4n) is 4.54. The predicted molar refractivity (Wildman–Crippen MR) is 129 cm³/mol. The highest BCUT2D eigenvalue weighted by atomic mass is 32.2. The number of aliphatic hydroxyl groups is 1. The molecule has 5 rings (SSSR count). The van der Waals surface area contributed by atoms with Crippen molar-refractivity contribution in [1.82, 2.24) is 14.1 Å². The van der Waals surface area contributed by atoms with Crippen LogP contribution in [0.5, 0.6) is 0 Å². The van der Waals surface area contributed by atoms with Crippen molar-refractivity contribution >= 4 is 32.8 Å². The number of thioether (sulfide) groups is 1. The highest BCUT2D eigenvalue weighted by Crippen LogP contribution is 2.39. The van der Waals surface area contributed by atoms with Crippen LogP contribution in [0.4, 0.5) is 0 Å². The summed E-state index contributed by atoms with van der Waals surface area (Å²) in [6.45, 7) is 3.69. The number of fused-ring (bicyclic) bond motifs is 1. The average molecular weight is 484 g/mol. The van der Waals surface area contributed by atoms with Crippen LogP contribution < -0.4 is 0 Å². The highest BCUT2D eigenvalue weighted by Gasteiger charge is 2.30. The van der Waals surface area contributed by atoms with Crippen LogP contribution in [0.3, 0.4) is 0 Å². The molecule has 4 heterocycles. The van der Waals surface area contributed by atoms with Gasteiger partial charge in [0.2, 0.25) is 0 Å². The van der Waals surface area contributed by atoms with Crippen molar-refractivity contribution < 1.29 is 18.0 Å². The quantitative estimate of drug-likeness (QED) is 0.438. The van der Waals surface area contributed by atoms with Crippen LogP contribution >= 0.6 is 11.8 Å². The van der Waals surface area contributed by atoms with Crippen LogP contribution in [-0.2, 0) is 10.0 Å². The van der Waals surface area contributed by atoms with E-state index in [1.165, 1.54) is 3.97 Å². The summed E-state index contributed by atoms with van der Waals surface area (Å²) in [4.78, 5) is 4.73. The number of aromatic nitrogens is 3. The van der Waals surface area contributed by atoms with Crippen molar-refractivity contribution in [2.45, 2.75) is 37.7 Å². The van der Waals surface area contributed by atoms with Gasteiger partial charge in [-0.15, -0.1) is 0 Å². The molecule has 1 unspecified atom stereocenters. The first-order chi connectivity index (χ1) is 15.9. The zero-order valence-corrected chi connectivity index (χ0v) is 20.1. The summed E-state index contributed by atoms with van der Waals surface area (Å²) in [7, 11) is -3.88. The number of hydrogen-bond acceptors (Lipinski definition) is 7. The van der Waals surface area contributed by atoms with Gasteiger partial charge in [-0.2, -0.15) is 11.8 Å². The largest absolute Gasteiger partial charge is 0.388 e. The zero-order valence-electron chi connectivity index (χ0n) is 18.4. The topological polar surface area (TPSA) is 98.2 Å². The summed E-state index contributed by atoms with van der Waals surface area (Å²) < 4.78 is 33.5. The van der Waals surface area contributed by atoms with E-state index in [1.54, 1.807) is 42.7 Å². The summed E-state index contributed by atoms with van der Waals surface area (Å²) in [6.07, 6.45) is 4.19. The molecule has 1 fully saturated rings. The third kappa shape index (κ3) is 3.88. The van der Waals surface area contributed by atoms with Gasteiger partial charge >= 0.3 is 0 Å². The molecule has 0 radical (unpaired) electrons. The fraction of sp³-hybridized carbons (Fsp3) is 0.333. The van der Waals surface area contributed by atoms with Crippen molar-refractivity contribution in [2.24, 2.45) is 5.92 Å². The third-order valence-electron chi connectivity index (χ3n) is 6.30. The lowest BCUT2D eigenvalue weighted by Gasteiger charge is -2.26. The lowest BCUT2D eigenvalue weighted by atomic mass is 9.90. The second-order valence-corrected chi connectivity index (χ2v) is 11.4. The number of aliphatic hydroxyl groups excluding tert-OH is 1. The predicted octanol–water partition coefficient (Wildman–Crippen LogP) is 4.72. The Hall–Kier alpha value is -2.62. The van der Waals surface area contributed by atoms with Crippen LogP contribution in [-0.4, -0.2) is 39.1 Å². The first-order valence-corrected chi connectivity index (χ1v) is 13.5. The third-order valence-corrected chi connectivity index (χ3v) is 9.01. The standard InChI is InChI=1S/C24H25N3O4S2/c1-15-22(16(2)31-26-15)18-12-20-21(23(28)17-8-10-32-11-9-17)14-27(24(20)25-13-18)33(29,30)19-6-4-3-5-7-19/h3-7,12-14,17,23,28H,8-11H2,1-2H3. The number of aryl methyl sites for hydroxylation is 2. The van der Waals surface area contributed by atoms with Gasteiger partial charge in [0.25, 0.3) is 10.0 Å². The molecule has 172 valence electrons. The van der Waals surface area contributed by atoms with Crippen molar-refractivity contribution in [3.05, 3.63) is 65.8 Å². The average Bonchev–Trinajstić information content (AvgIpc) is 3.39. The van der Waals surface area contributed by atoms with E-state index in [4.69, 9.17) is 4.52 Å². The molecule has 1 aliphatic heterocycles. The van der Waals surface area contributed by atoms with E-state index in [0.29, 0.717) is 22.4 Å². The molecule has 1 saturated heterocycles. The van der Waals surface area contributed by atoms with Crippen LogP contribution in [0.2, 0.25) is 0 Å². The van der Waals surface area contributed by atoms with Crippen LogP contribution in [0.15, 0.2) is 58.2 Å². The van der Waals surface area contributed by atoms with Crippen LogP contribution in [0.1, 0.15) is 36.0 Å². The molecule has 1 aromatic carbocycles. The normalized spacial score (nSPS) is 16.3. The molecule has 4 aromatic rings. The van der Waals surface area contributed by atoms with E-state index in [2.05, 4.69) is 10.1 Å². The monoisotopic (exact) mass is 483 g/mol. The summed E-state index contributed by atoms with van der Waals surface area (Å²) in [6, 6.07) is 10.2. The van der Waals surface area contributed by atoms with E-state index < -0.39 is 16.1 Å². The van der Waals surface area contributed by atoms with Crippen molar-refractivity contribution in [2.75, 3.05) is 11.5 Å². The molecule has 33 heavy (non-hydrogen) atoms. The lowest BCUT2D eigenvalue weighted by Crippen LogP contribution is -2.18. The van der Waals surface area contributed by atoms with E-state index in [1.807, 2.05) is 31.7 Å². The van der Waals surface area contributed by atoms with Gasteiger partial charge in [-0.25, -0.2) is 17.4 Å². The van der Waals surface area contributed by atoms with Gasteiger partial charge in [0.15, 0.2) is 5.65 Å². The molecule has 1 atom stereocenters. The minimum Gasteiger partial charge on any atom is -0.388 e. The van der Waals surface area contributed by atoms with Crippen LogP contribution in [0, 0.1) is 19.8 Å². The van der Waals surface area contributed by atoms with Gasteiger partial charge in [-0.05, 0) is 62.3 Å². The molecular weight excluding hydrogens is 458 g/mol. The smallest absolute Gasteiger partial charge is 0.269 e. The van der Waals surface area contributed by atoms with Crippen molar-refractivity contribution in [3.8, 4) is 11.1 Å².